The number of rotatable bonds is 11. The van der Waals surface area contributed by atoms with E-state index >= 15 is 0 Å². The number of amides is 1. The topological polar surface area (TPSA) is 113 Å². The first kappa shape index (κ1) is 34.7. The van der Waals surface area contributed by atoms with Gasteiger partial charge < -0.3 is 20.0 Å². The van der Waals surface area contributed by atoms with E-state index in [1.165, 1.54) is 0 Å². The van der Waals surface area contributed by atoms with Crippen LogP contribution in [0.25, 0.3) is 33.6 Å². The van der Waals surface area contributed by atoms with Gasteiger partial charge in [0.2, 0.25) is 0 Å². The summed E-state index contributed by atoms with van der Waals surface area (Å²) in [6.07, 6.45) is 4.28. The van der Waals surface area contributed by atoms with Crippen LogP contribution in [-0.4, -0.2) is 37.4 Å². The molecule has 4 aromatic rings. The molecule has 0 bridgehead atoms. The number of nitrogens with one attached hydrogen (secondary N) is 3. The Bertz CT molecular complexity index is 1480. The Labute approximate surface area is 274 Å². The zero-order valence-electron chi connectivity index (χ0n) is 29.1. The summed E-state index contributed by atoms with van der Waals surface area (Å²) in [6, 6.07) is 16.4. The van der Waals surface area contributed by atoms with E-state index in [9.17, 15) is 9.59 Å². The van der Waals surface area contributed by atoms with Crippen LogP contribution in [-0.2, 0) is 9.53 Å². The van der Waals surface area contributed by atoms with E-state index in [0.29, 0.717) is 24.6 Å². The number of aromatic nitrogens is 4. The molecule has 0 fully saturated rings. The number of ether oxygens (including phenoxy) is 1. The summed E-state index contributed by atoms with van der Waals surface area (Å²) in [6.45, 7) is 20.2. The van der Waals surface area contributed by atoms with Crippen LogP contribution in [0.15, 0.2) is 60.9 Å². The molecule has 1 amide bonds. The van der Waals surface area contributed by atoms with Crippen LogP contribution in [0.2, 0.25) is 0 Å². The van der Waals surface area contributed by atoms with Gasteiger partial charge in [-0.15, -0.1) is 0 Å². The normalized spacial score (nSPS) is 13.6. The summed E-state index contributed by atoms with van der Waals surface area (Å²) in [5.41, 5.74) is 5.49. The maximum atomic E-state index is 12.8. The lowest BCUT2D eigenvalue weighted by Crippen LogP contribution is -2.37. The second kappa shape index (κ2) is 14.1. The summed E-state index contributed by atoms with van der Waals surface area (Å²) in [4.78, 5) is 41.4. The molecule has 2 atom stereocenters. The number of nitrogens with zero attached hydrogens (tertiary/aromatic N) is 2. The average Bonchev–Trinajstić information content (AvgIpc) is 3.63. The Morgan fingerprint density at radius 1 is 0.717 bits per heavy atom. The second-order valence-electron chi connectivity index (χ2n) is 15.2. The van der Waals surface area contributed by atoms with Gasteiger partial charge >= 0.3 is 6.09 Å². The molecule has 8 nitrogen and oxygen atoms in total. The van der Waals surface area contributed by atoms with Crippen molar-refractivity contribution in [1.29, 1.82) is 0 Å². The fraction of sp³-hybridized carbons (Fsp3) is 0.474. The molecule has 0 aliphatic heterocycles. The van der Waals surface area contributed by atoms with Gasteiger partial charge in [0.25, 0.3) is 0 Å². The number of H-pyrrole nitrogens is 2. The highest BCUT2D eigenvalue weighted by Gasteiger charge is 2.26. The zero-order valence-corrected chi connectivity index (χ0v) is 29.1. The number of hydrogen-bond donors (Lipinski definition) is 3. The lowest BCUT2D eigenvalue weighted by molar-refractivity contribution is -0.121. The third kappa shape index (κ3) is 9.41. The highest BCUT2D eigenvalue weighted by molar-refractivity contribution is 5.80. The number of alkyl carbamates (subject to hydrolysis) is 1. The highest BCUT2D eigenvalue weighted by atomic mass is 16.6. The summed E-state index contributed by atoms with van der Waals surface area (Å²) < 4.78 is 5.46. The van der Waals surface area contributed by atoms with Crippen molar-refractivity contribution in [2.45, 2.75) is 99.6 Å². The monoisotopic (exact) mass is 625 g/mol. The van der Waals surface area contributed by atoms with Gasteiger partial charge in [-0.25, -0.2) is 14.8 Å². The molecule has 0 saturated carbocycles. The van der Waals surface area contributed by atoms with Crippen molar-refractivity contribution in [1.82, 2.24) is 25.3 Å². The van der Waals surface area contributed by atoms with Crippen molar-refractivity contribution in [3.63, 3.8) is 0 Å². The third-order valence-corrected chi connectivity index (χ3v) is 7.88. The van der Waals surface area contributed by atoms with E-state index in [2.05, 4.69) is 103 Å². The van der Waals surface area contributed by atoms with Crippen molar-refractivity contribution in [3.8, 4) is 33.6 Å². The molecule has 2 heterocycles. The van der Waals surface area contributed by atoms with E-state index < -0.39 is 11.7 Å². The van der Waals surface area contributed by atoms with Crippen LogP contribution >= 0.6 is 0 Å². The molecular weight excluding hydrogens is 574 g/mol. The van der Waals surface area contributed by atoms with Gasteiger partial charge in [0.15, 0.2) is 0 Å². The van der Waals surface area contributed by atoms with Crippen molar-refractivity contribution >= 4 is 11.9 Å². The number of benzene rings is 2. The average molecular weight is 626 g/mol. The number of carbonyl (C=O) groups excluding carboxylic acids is 2. The lowest BCUT2D eigenvalue weighted by Gasteiger charge is -2.24. The Morgan fingerprint density at radius 3 is 1.61 bits per heavy atom. The minimum Gasteiger partial charge on any atom is -0.444 e. The summed E-state index contributed by atoms with van der Waals surface area (Å²) in [5.74, 6) is 2.31. The van der Waals surface area contributed by atoms with Gasteiger partial charge in [0, 0.05) is 18.8 Å². The van der Waals surface area contributed by atoms with E-state index in [1.807, 2.05) is 40.8 Å². The Morgan fingerprint density at radius 2 is 1.17 bits per heavy atom. The summed E-state index contributed by atoms with van der Waals surface area (Å²) in [5, 5.41) is 2.95. The molecule has 0 radical (unpaired) electrons. The van der Waals surface area contributed by atoms with E-state index in [1.54, 1.807) is 6.20 Å². The Kier molecular flexibility index (Phi) is 10.6. The third-order valence-electron chi connectivity index (χ3n) is 7.88. The molecule has 46 heavy (non-hydrogen) atoms. The predicted octanol–water partition coefficient (Wildman–Crippen LogP) is 9.49. The number of Topliss-reactive ketones (excluding diaryl/α,β-unsaturated/α-hetero) is 1. The van der Waals surface area contributed by atoms with Crippen LogP contribution in [0.5, 0.6) is 0 Å². The van der Waals surface area contributed by atoms with Gasteiger partial charge in [-0.05, 0) is 60.3 Å². The maximum Gasteiger partial charge on any atom is 0.408 e. The van der Waals surface area contributed by atoms with Gasteiger partial charge in [0.1, 0.15) is 23.0 Å². The maximum absolute atomic E-state index is 12.8. The predicted molar refractivity (Wildman–Crippen MR) is 185 cm³/mol. The first-order valence-electron chi connectivity index (χ1n) is 16.3. The quantitative estimate of drug-likeness (QED) is 0.154. The van der Waals surface area contributed by atoms with Gasteiger partial charge in [-0.3, -0.25) is 4.79 Å². The molecule has 0 saturated heterocycles. The minimum atomic E-state index is -0.573. The van der Waals surface area contributed by atoms with Crippen LogP contribution < -0.4 is 5.32 Å². The largest absolute Gasteiger partial charge is 0.444 e. The molecule has 0 aliphatic rings. The van der Waals surface area contributed by atoms with E-state index in [0.717, 1.165) is 39.5 Å². The van der Waals surface area contributed by atoms with Crippen LogP contribution in [0.3, 0.4) is 0 Å². The zero-order chi connectivity index (χ0) is 33.8. The first-order chi connectivity index (χ1) is 21.5. The van der Waals surface area contributed by atoms with Crippen molar-refractivity contribution in [2.75, 3.05) is 0 Å². The molecule has 3 N–H and O–H groups in total. The smallest absolute Gasteiger partial charge is 0.408 e. The van der Waals surface area contributed by atoms with E-state index in [-0.39, 0.29) is 29.1 Å². The molecule has 0 aliphatic carbocycles. The fourth-order valence-electron chi connectivity index (χ4n) is 5.54. The number of aromatic amines is 2. The van der Waals surface area contributed by atoms with Crippen LogP contribution in [0.1, 0.15) is 106 Å². The molecule has 2 aromatic heterocycles. The standard InChI is InChI=1S/C38H51N5O3/c1-23(2)30(19-29(44)20-37(5,6)7)34-39-21-31(41-34)27-15-11-25(12-16-27)26-13-17-28(18-14-26)32-22-40-35(42-32)33(24(3)4)43-36(45)46-38(8,9)10/h11-18,21-24,30,33H,19-20H2,1-10H3,(H,39,41)(H,40,42)(H,43,45)/t30-,33-/m0/s1. The summed E-state index contributed by atoms with van der Waals surface area (Å²) in [7, 11) is 0. The second-order valence-corrected chi connectivity index (χ2v) is 15.2. The van der Waals surface area contributed by atoms with Crippen molar-refractivity contribution in [3.05, 3.63) is 72.6 Å². The Balaban J connectivity index is 1.44. The van der Waals surface area contributed by atoms with Crippen LogP contribution in [0, 0.1) is 17.3 Å². The van der Waals surface area contributed by atoms with E-state index in [4.69, 9.17) is 9.72 Å². The van der Waals surface area contributed by atoms with Gasteiger partial charge in [0.05, 0.1) is 29.8 Å². The molecular formula is C38H51N5O3. The SMILES string of the molecule is CC(C)[C@H](CC(=O)CC(C)(C)C)c1ncc(-c2ccc(-c3ccc(-c4cnc([C@@H](NC(=O)OC(C)(C)C)C(C)C)[nH]4)cc3)cc2)[nH]1. The first-order valence-corrected chi connectivity index (χ1v) is 16.3. The molecule has 8 heteroatoms. The number of hydrogen-bond acceptors (Lipinski definition) is 5. The lowest BCUT2D eigenvalue weighted by atomic mass is 9.84. The molecule has 0 unspecified atom stereocenters. The molecule has 0 spiro atoms. The van der Waals surface area contributed by atoms with Gasteiger partial charge in [-0.1, -0.05) is 97.0 Å². The molecule has 4 rings (SSSR count). The number of ketones is 1. The molecule has 246 valence electrons. The summed E-state index contributed by atoms with van der Waals surface area (Å²) >= 11 is 0. The highest BCUT2D eigenvalue weighted by Crippen LogP contribution is 2.32. The van der Waals surface area contributed by atoms with Crippen molar-refractivity contribution in [2.24, 2.45) is 17.3 Å². The number of imidazole rings is 2. The van der Waals surface area contributed by atoms with Crippen molar-refractivity contribution < 1.29 is 14.3 Å². The van der Waals surface area contributed by atoms with Crippen LogP contribution in [0.4, 0.5) is 4.79 Å². The number of carbonyl (C=O) groups is 2. The minimum absolute atomic E-state index is 0.0170. The Hall–Kier alpha value is -4.20. The molecule has 2 aromatic carbocycles. The van der Waals surface area contributed by atoms with Gasteiger partial charge in [-0.2, -0.15) is 0 Å². The fourth-order valence-corrected chi connectivity index (χ4v) is 5.54.